The molecular weight excluding hydrogens is 304 g/mol. The molecule has 0 spiro atoms. The van der Waals surface area contributed by atoms with Crippen LogP contribution in [0.1, 0.15) is 10.4 Å². The molecule has 0 saturated carbocycles. The van der Waals surface area contributed by atoms with Gasteiger partial charge in [-0.2, -0.15) is 0 Å². The van der Waals surface area contributed by atoms with Gasteiger partial charge in [0.2, 0.25) is 0 Å². The van der Waals surface area contributed by atoms with Crippen LogP contribution in [0.5, 0.6) is 0 Å². The van der Waals surface area contributed by atoms with Gasteiger partial charge in [0.25, 0.3) is 5.24 Å². The van der Waals surface area contributed by atoms with Gasteiger partial charge in [0, 0.05) is 5.56 Å². The van der Waals surface area contributed by atoms with E-state index in [2.05, 4.69) is 30.3 Å². The molecule has 110 valence electrons. The number of benzene rings is 4. The Balaban J connectivity index is 2.08. The van der Waals surface area contributed by atoms with Crippen LogP contribution in [0.3, 0.4) is 0 Å². The molecule has 4 aromatic rings. The van der Waals surface area contributed by atoms with E-state index in [1.165, 1.54) is 10.8 Å². The number of carbonyl (C=O) groups is 1. The average Bonchev–Trinajstić information content (AvgIpc) is 2.59. The van der Waals surface area contributed by atoms with Crippen molar-refractivity contribution >= 4 is 38.4 Å². The Morgan fingerprint density at radius 3 is 2.04 bits per heavy atom. The highest BCUT2D eigenvalue weighted by atomic mass is 35.5. The second-order valence-corrected chi connectivity index (χ2v) is 5.89. The van der Waals surface area contributed by atoms with E-state index in [1.807, 2.05) is 42.5 Å². The van der Waals surface area contributed by atoms with Gasteiger partial charge in [-0.15, -0.1) is 0 Å². The molecule has 0 radical (unpaired) electrons. The van der Waals surface area contributed by atoms with Gasteiger partial charge in [-0.05, 0) is 62.5 Å². The van der Waals surface area contributed by atoms with Crippen molar-refractivity contribution in [1.82, 2.24) is 0 Å². The summed E-state index contributed by atoms with van der Waals surface area (Å²) in [5, 5.41) is 4.23. The molecule has 2 heteroatoms. The smallest absolute Gasteiger partial charge is 0.253 e. The summed E-state index contributed by atoms with van der Waals surface area (Å²) >= 11 is 5.77. The van der Waals surface area contributed by atoms with Crippen molar-refractivity contribution in [2.75, 3.05) is 0 Å². The Morgan fingerprint density at radius 1 is 0.652 bits per heavy atom. The molecule has 0 saturated heterocycles. The summed E-state index contributed by atoms with van der Waals surface area (Å²) in [5.74, 6) is 0. The molecule has 0 aliphatic rings. The Hall–Kier alpha value is -2.64. The molecule has 0 amide bonds. The largest absolute Gasteiger partial charge is 0.276 e. The minimum atomic E-state index is -0.432. The third-order valence-corrected chi connectivity index (χ3v) is 4.38. The van der Waals surface area contributed by atoms with Crippen molar-refractivity contribution in [2.45, 2.75) is 0 Å². The third kappa shape index (κ3) is 2.39. The standard InChI is InChI=1S/C21H13ClO/c22-21(23)19-10-4-3-9-17(19)18-11-5-8-16-12-14-6-1-2-7-15(14)13-20(16)18/h1-13H. The first-order valence-corrected chi connectivity index (χ1v) is 7.82. The van der Waals surface area contributed by atoms with Gasteiger partial charge in [-0.1, -0.05) is 60.7 Å². The maximum atomic E-state index is 11.8. The summed E-state index contributed by atoms with van der Waals surface area (Å²) in [6, 6.07) is 26.3. The van der Waals surface area contributed by atoms with E-state index in [-0.39, 0.29) is 0 Å². The Kier molecular flexibility index (Phi) is 3.36. The highest BCUT2D eigenvalue weighted by Gasteiger charge is 2.12. The molecule has 0 heterocycles. The zero-order chi connectivity index (χ0) is 15.8. The van der Waals surface area contributed by atoms with E-state index in [9.17, 15) is 4.79 Å². The lowest BCUT2D eigenvalue weighted by atomic mass is 9.93. The summed E-state index contributed by atoms with van der Waals surface area (Å²) in [5.41, 5.74) is 2.43. The summed E-state index contributed by atoms with van der Waals surface area (Å²) in [7, 11) is 0. The molecule has 4 aromatic carbocycles. The molecule has 0 aromatic heterocycles. The first-order valence-electron chi connectivity index (χ1n) is 7.45. The SMILES string of the molecule is O=C(Cl)c1ccccc1-c1cccc2cc3ccccc3cc12. The van der Waals surface area contributed by atoms with Crippen molar-refractivity contribution in [3.8, 4) is 11.1 Å². The maximum Gasteiger partial charge on any atom is 0.253 e. The molecule has 4 rings (SSSR count). The van der Waals surface area contributed by atoms with E-state index < -0.39 is 5.24 Å². The highest BCUT2D eigenvalue weighted by Crippen LogP contribution is 2.34. The summed E-state index contributed by atoms with van der Waals surface area (Å²) < 4.78 is 0. The number of hydrogen-bond donors (Lipinski definition) is 0. The molecule has 0 fully saturated rings. The topological polar surface area (TPSA) is 17.1 Å². The average molecular weight is 317 g/mol. The van der Waals surface area contributed by atoms with E-state index in [4.69, 9.17) is 11.6 Å². The van der Waals surface area contributed by atoms with Crippen LogP contribution in [0.4, 0.5) is 0 Å². The number of fused-ring (bicyclic) bond motifs is 2. The zero-order valence-corrected chi connectivity index (χ0v) is 13.0. The molecule has 0 unspecified atom stereocenters. The second-order valence-electron chi connectivity index (χ2n) is 5.55. The third-order valence-electron chi connectivity index (χ3n) is 4.18. The number of halogens is 1. The molecular formula is C21H13ClO. The van der Waals surface area contributed by atoms with Gasteiger partial charge in [0.05, 0.1) is 0 Å². The number of carbonyl (C=O) groups excluding carboxylic acids is 1. The van der Waals surface area contributed by atoms with Crippen LogP contribution in [-0.4, -0.2) is 5.24 Å². The fourth-order valence-electron chi connectivity index (χ4n) is 3.09. The van der Waals surface area contributed by atoms with Gasteiger partial charge >= 0.3 is 0 Å². The summed E-state index contributed by atoms with van der Waals surface area (Å²) in [6.45, 7) is 0. The van der Waals surface area contributed by atoms with E-state index >= 15 is 0 Å². The van der Waals surface area contributed by atoms with Crippen molar-refractivity contribution in [3.63, 3.8) is 0 Å². The molecule has 0 atom stereocenters. The molecule has 0 aliphatic heterocycles. The van der Waals surface area contributed by atoms with Crippen LogP contribution in [0, 0.1) is 0 Å². The molecule has 0 aliphatic carbocycles. The van der Waals surface area contributed by atoms with Crippen molar-refractivity contribution < 1.29 is 4.79 Å². The minimum absolute atomic E-state index is 0.432. The lowest BCUT2D eigenvalue weighted by Gasteiger charge is -2.11. The van der Waals surface area contributed by atoms with Crippen molar-refractivity contribution in [3.05, 3.63) is 84.4 Å². The van der Waals surface area contributed by atoms with Crippen molar-refractivity contribution in [2.24, 2.45) is 0 Å². The number of rotatable bonds is 2. The lowest BCUT2D eigenvalue weighted by molar-refractivity contribution is 0.108. The predicted molar refractivity (Wildman–Crippen MR) is 97.1 cm³/mol. The van der Waals surface area contributed by atoms with Gasteiger partial charge in [-0.3, -0.25) is 4.79 Å². The van der Waals surface area contributed by atoms with Crippen LogP contribution in [0.2, 0.25) is 0 Å². The first-order chi connectivity index (χ1) is 11.2. The monoisotopic (exact) mass is 316 g/mol. The first kappa shape index (κ1) is 14.0. The molecule has 0 bridgehead atoms. The highest BCUT2D eigenvalue weighted by molar-refractivity contribution is 6.68. The quantitative estimate of drug-likeness (QED) is 0.325. The fourth-order valence-corrected chi connectivity index (χ4v) is 3.26. The molecule has 1 nitrogen and oxygen atoms in total. The normalized spacial score (nSPS) is 11.0. The predicted octanol–water partition coefficient (Wildman–Crippen LogP) is 6.04. The minimum Gasteiger partial charge on any atom is -0.276 e. The molecule has 0 N–H and O–H groups in total. The van der Waals surface area contributed by atoms with Gasteiger partial charge in [0.15, 0.2) is 0 Å². The van der Waals surface area contributed by atoms with Crippen LogP contribution >= 0.6 is 11.6 Å². The Bertz CT molecular complexity index is 1050. The van der Waals surface area contributed by atoms with Crippen LogP contribution in [0.25, 0.3) is 32.7 Å². The van der Waals surface area contributed by atoms with Gasteiger partial charge in [-0.25, -0.2) is 0 Å². The summed E-state index contributed by atoms with van der Waals surface area (Å²) in [4.78, 5) is 11.8. The van der Waals surface area contributed by atoms with Gasteiger partial charge in [0.1, 0.15) is 0 Å². The lowest BCUT2D eigenvalue weighted by Crippen LogP contribution is -1.93. The maximum absolute atomic E-state index is 11.8. The Morgan fingerprint density at radius 2 is 1.26 bits per heavy atom. The summed E-state index contributed by atoms with van der Waals surface area (Å²) in [6.07, 6.45) is 0. The van der Waals surface area contributed by atoms with Gasteiger partial charge < -0.3 is 0 Å². The molecule has 23 heavy (non-hydrogen) atoms. The Labute approximate surface area is 139 Å². The van der Waals surface area contributed by atoms with E-state index in [0.717, 1.165) is 21.9 Å². The van der Waals surface area contributed by atoms with Crippen molar-refractivity contribution in [1.29, 1.82) is 0 Å². The number of hydrogen-bond acceptors (Lipinski definition) is 1. The van der Waals surface area contributed by atoms with E-state index in [1.54, 1.807) is 6.07 Å². The van der Waals surface area contributed by atoms with Crippen LogP contribution in [0.15, 0.2) is 78.9 Å². The van der Waals surface area contributed by atoms with Crippen LogP contribution < -0.4 is 0 Å². The zero-order valence-electron chi connectivity index (χ0n) is 12.3. The van der Waals surface area contributed by atoms with Crippen LogP contribution in [-0.2, 0) is 0 Å². The second kappa shape index (κ2) is 5.53. The fraction of sp³-hybridized carbons (Fsp3) is 0. The van der Waals surface area contributed by atoms with E-state index in [0.29, 0.717) is 5.56 Å².